The van der Waals surface area contributed by atoms with E-state index in [9.17, 15) is 4.79 Å². The van der Waals surface area contributed by atoms with E-state index in [1.165, 1.54) is 6.08 Å². The smallest absolute Gasteiger partial charge is 0.266 e. The molecule has 0 bridgehead atoms. The molecule has 5 nitrogen and oxygen atoms in total. The van der Waals surface area contributed by atoms with E-state index in [2.05, 4.69) is 14.9 Å². The topological polar surface area (TPSA) is 78.7 Å². The fourth-order valence-electron chi connectivity index (χ4n) is 2.06. The van der Waals surface area contributed by atoms with Crippen LogP contribution in [0, 0.1) is 11.3 Å². The van der Waals surface area contributed by atoms with Crippen LogP contribution in [0.25, 0.3) is 16.8 Å². The van der Waals surface area contributed by atoms with Gasteiger partial charge in [-0.25, -0.2) is 0 Å². The standard InChI is InChI=1S/C16H10N4OS/c17-9-12(8-13-10-22-20-19-13)16(21)18-15-7-3-5-11-4-1-2-6-14(11)15/h1-8,10H,(H,18,21)/b12-8+. The Balaban J connectivity index is 1.91. The van der Waals surface area contributed by atoms with E-state index in [1.54, 1.807) is 11.4 Å². The SMILES string of the molecule is N#C/C(=C\c1csnn1)C(=O)Nc1cccc2ccccc12. The lowest BCUT2D eigenvalue weighted by Crippen LogP contribution is -2.13. The minimum atomic E-state index is -0.466. The minimum absolute atomic E-state index is 0.0133. The maximum Gasteiger partial charge on any atom is 0.266 e. The van der Waals surface area contributed by atoms with Crippen molar-refractivity contribution in [3.63, 3.8) is 0 Å². The van der Waals surface area contributed by atoms with Crippen molar-refractivity contribution in [2.45, 2.75) is 0 Å². The molecule has 0 atom stereocenters. The van der Waals surface area contributed by atoms with Gasteiger partial charge in [-0.2, -0.15) is 5.26 Å². The predicted molar refractivity (Wildman–Crippen MR) is 86.1 cm³/mol. The summed E-state index contributed by atoms with van der Waals surface area (Å²) in [7, 11) is 0. The highest BCUT2D eigenvalue weighted by molar-refractivity contribution is 7.03. The van der Waals surface area contributed by atoms with E-state index in [-0.39, 0.29) is 5.57 Å². The number of aromatic nitrogens is 2. The van der Waals surface area contributed by atoms with Crippen molar-refractivity contribution in [2.75, 3.05) is 5.32 Å². The summed E-state index contributed by atoms with van der Waals surface area (Å²) in [6.07, 6.45) is 1.42. The largest absolute Gasteiger partial charge is 0.321 e. The number of nitrogens with one attached hydrogen (secondary N) is 1. The maximum absolute atomic E-state index is 12.3. The van der Waals surface area contributed by atoms with Gasteiger partial charge < -0.3 is 5.32 Å². The summed E-state index contributed by atoms with van der Waals surface area (Å²) >= 11 is 1.16. The molecule has 0 aliphatic carbocycles. The lowest BCUT2D eigenvalue weighted by molar-refractivity contribution is -0.112. The Morgan fingerprint density at radius 1 is 1.23 bits per heavy atom. The Morgan fingerprint density at radius 3 is 2.82 bits per heavy atom. The molecule has 0 spiro atoms. The Kier molecular flexibility index (Phi) is 3.90. The van der Waals surface area contributed by atoms with Gasteiger partial charge in [0, 0.05) is 16.5 Å². The van der Waals surface area contributed by atoms with E-state index < -0.39 is 5.91 Å². The van der Waals surface area contributed by atoms with Gasteiger partial charge in [-0.1, -0.05) is 40.9 Å². The zero-order valence-electron chi connectivity index (χ0n) is 11.4. The Morgan fingerprint density at radius 2 is 2.05 bits per heavy atom. The highest BCUT2D eigenvalue weighted by atomic mass is 32.1. The number of carbonyl (C=O) groups excluding carboxylic acids is 1. The van der Waals surface area contributed by atoms with Crippen LogP contribution in [0.5, 0.6) is 0 Å². The van der Waals surface area contributed by atoms with E-state index in [1.807, 2.05) is 42.5 Å². The monoisotopic (exact) mass is 306 g/mol. The van der Waals surface area contributed by atoms with Crippen LogP contribution < -0.4 is 5.32 Å². The third-order valence-electron chi connectivity index (χ3n) is 3.07. The second-order valence-corrected chi connectivity index (χ2v) is 5.09. The van der Waals surface area contributed by atoms with Gasteiger partial charge in [0.15, 0.2) is 0 Å². The molecular formula is C16H10N4OS. The molecule has 106 valence electrons. The number of nitrogens with zero attached hydrogens (tertiary/aromatic N) is 3. The Labute approximate surface area is 130 Å². The first-order chi connectivity index (χ1) is 10.8. The summed E-state index contributed by atoms with van der Waals surface area (Å²) in [4.78, 5) is 12.3. The number of amides is 1. The first kappa shape index (κ1) is 13.9. The third kappa shape index (κ3) is 2.85. The van der Waals surface area contributed by atoms with Crippen LogP contribution >= 0.6 is 11.5 Å². The zero-order valence-corrected chi connectivity index (χ0v) is 12.2. The van der Waals surface area contributed by atoms with Crippen LogP contribution in [0.15, 0.2) is 53.4 Å². The number of benzene rings is 2. The number of fused-ring (bicyclic) bond motifs is 1. The number of anilines is 1. The van der Waals surface area contributed by atoms with Crippen molar-refractivity contribution >= 4 is 40.0 Å². The molecule has 3 aromatic rings. The molecule has 1 heterocycles. The number of nitriles is 1. The van der Waals surface area contributed by atoms with Crippen LogP contribution in [-0.2, 0) is 4.79 Å². The van der Waals surface area contributed by atoms with Crippen molar-refractivity contribution in [1.82, 2.24) is 9.59 Å². The van der Waals surface area contributed by atoms with Crippen LogP contribution in [0.2, 0.25) is 0 Å². The van der Waals surface area contributed by atoms with Crippen molar-refractivity contribution in [3.05, 3.63) is 59.1 Å². The lowest BCUT2D eigenvalue weighted by atomic mass is 10.1. The van der Waals surface area contributed by atoms with Gasteiger partial charge in [0.2, 0.25) is 0 Å². The number of hydrogen-bond acceptors (Lipinski definition) is 5. The summed E-state index contributed by atoms with van der Waals surface area (Å²) in [6, 6.07) is 15.2. The molecule has 0 saturated carbocycles. The van der Waals surface area contributed by atoms with E-state index in [0.29, 0.717) is 11.4 Å². The summed E-state index contributed by atoms with van der Waals surface area (Å²) in [6.45, 7) is 0. The summed E-state index contributed by atoms with van der Waals surface area (Å²) < 4.78 is 3.70. The molecular weight excluding hydrogens is 296 g/mol. The maximum atomic E-state index is 12.3. The molecule has 0 fully saturated rings. The second kappa shape index (κ2) is 6.16. The fraction of sp³-hybridized carbons (Fsp3) is 0. The van der Waals surface area contributed by atoms with Crippen molar-refractivity contribution < 1.29 is 4.79 Å². The van der Waals surface area contributed by atoms with Crippen LogP contribution in [-0.4, -0.2) is 15.5 Å². The van der Waals surface area contributed by atoms with E-state index >= 15 is 0 Å². The number of hydrogen-bond donors (Lipinski definition) is 1. The van der Waals surface area contributed by atoms with Crippen LogP contribution in [0.3, 0.4) is 0 Å². The van der Waals surface area contributed by atoms with Gasteiger partial charge >= 0.3 is 0 Å². The molecule has 0 unspecified atom stereocenters. The molecule has 22 heavy (non-hydrogen) atoms. The van der Waals surface area contributed by atoms with Crippen LogP contribution in [0.1, 0.15) is 5.69 Å². The summed E-state index contributed by atoms with van der Waals surface area (Å²) in [5, 5.41) is 19.4. The Hall–Kier alpha value is -3.04. The first-order valence-corrected chi connectivity index (χ1v) is 7.29. The molecule has 0 aliphatic rings. The molecule has 1 N–H and O–H groups in total. The molecule has 2 aromatic carbocycles. The summed E-state index contributed by atoms with van der Waals surface area (Å²) in [5.74, 6) is -0.466. The van der Waals surface area contributed by atoms with Crippen molar-refractivity contribution in [1.29, 1.82) is 5.26 Å². The van der Waals surface area contributed by atoms with Gasteiger partial charge in [-0.15, -0.1) is 5.10 Å². The fourth-order valence-corrected chi connectivity index (χ4v) is 2.47. The second-order valence-electron chi connectivity index (χ2n) is 4.48. The first-order valence-electron chi connectivity index (χ1n) is 6.46. The normalized spacial score (nSPS) is 11.1. The Bertz CT molecular complexity index is 889. The number of carbonyl (C=O) groups is 1. The molecule has 3 rings (SSSR count). The zero-order chi connectivity index (χ0) is 15.4. The highest BCUT2D eigenvalue weighted by Gasteiger charge is 2.11. The third-order valence-corrected chi connectivity index (χ3v) is 3.59. The van der Waals surface area contributed by atoms with E-state index in [4.69, 9.17) is 5.26 Å². The number of rotatable bonds is 3. The van der Waals surface area contributed by atoms with Crippen molar-refractivity contribution in [2.24, 2.45) is 0 Å². The summed E-state index contributed by atoms with van der Waals surface area (Å²) in [5.41, 5.74) is 1.15. The molecule has 0 aliphatic heterocycles. The molecule has 6 heteroatoms. The van der Waals surface area contributed by atoms with Crippen molar-refractivity contribution in [3.8, 4) is 6.07 Å². The van der Waals surface area contributed by atoms with Gasteiger partial charge in [-0.3, -0.25) is 4.79 Å². The molecule has 1 amide bonds. The quantitative estimate of drug-likeness (QED) is 0.595. The van der Waals surface area contributed by atoms with Gasteiger partial charge in [0.25, 0.3) is 5.91 Å². The minimum Gasteiger partial charge on any atom is -0.321 e. The average Bonchev–Trinajstić information content (AvgIpc) is 3.06. The van der Waals surface area contributed by atoms with E-state index in [0.717, 1.165) is 22.3 Å². The van der Waals surface area contributed by atoms with Crippen LogP contribution in [0.4, 0.5) is 5.69 Å². The molecule has 0 saturated heterocycles. The lowest BCUT2D eigenvalue weighted by Gasteiger charge is -2.07. The predicted octanol–water partition coefficient (Wildman–Crippen LogP) is 3.24. The van der Waals surface area contributed by atoms with Gasteiger partial charge in [-0.05, 0) is 29.1 Å². The molecule has 0 radical (unpaired) electrons. The molecule has 1 aromatic heterocycles. The average molecular weight is 306 g/mol. The van der Waals surface area contributed by atoms with Gasteiger partial charge in [0.05, 0.1) is 5.69 Å². The highest BCUT2D eigenvalue weighted by Crippen LogP contribution is 2.23. The van der Waals surface area contributed by atoms with Gasteiger partial charge in [0.1, 0.15) is 11.6 Å².